The molecule has 0 atom stereocenters. The third-order valence-electron chi connectivity index (χ3n) is 5.13. The van der Waals surface area contributed by atoms with Gasteiger partial charge in [0.2, 0.25) is 5.76 Å². The number of nitriles is 1. The number of methoxy groups -OCH3 is 2. The summed E-state index contributed by atoms with van der Waals surface area (Å²) in [5, 5.41) is 12.3. The molecule has 0 aliphatic carbocycles. The Labute approximate surface area is 197 Å². The number of nitrogens with zero attached hydrogens (tertiary/aromatic N) is 1. The minimum atomic E-state index is -0.574. The number of anilines is 1. The van der Waals surface area contributed by atoms with Crippen molar-refractivity contribution in [2.24, 2.45) is 0 Å². The minimum absolute atomic E-state index is 0.0532. The summed E-state index contributed by atoms with van der Waals surface area (Å²) in [6.07, 6.45) is 1.47. The Hall–Kier alpha value is -4.51. The second-order valence-corrected chi connectivity index (χ2v) is 7.33. The Morgan fingerprint density at radius 1 is 1.09 bits per heavy atom. The third-order valence-corrected chi connectivity index (χ3v) is 5.13. The summed E-state index contributed by atoms with van der Waals surface area (Å²) in [4.78, 5) is 24.2. The fraction of sp³-hybridized carbons (Fsp3) is 0.192. The predicted molar refractivity (Wildman–Crippen MR) is 126 cm³/mol. The number of hydrogen-bond donors (Lipinski definition) is 1. The maximum absolute atomic E-state index is 12.7. The number of furan rings is 1. The number of nitrogens with one attached hydrogen (secondary N) is 1. The Morgan fingerprint density at radius 2 is 1.88 bits per heavy atom. The highest BCUT2D eigenvalue weighted by Gasteiger charge is 2.14. The van der Waals surface area contributed by atoms with Gasteiger partial charge in [0.1, 0.15) is 24.0 Å². The smallest absolute Gasteiger partial charge is 0.373 e. The van der Waals surface area contributed by atoms with E-state index in [0.717, 1.165) is 11.1 Å². The lowest BCUT2D eigenvalue weighted by atomic mass is 10.1. The first kappa shape index (κ1) is 24.1. The van der Waals surface area contributed by atoms with Crippen molar-refractivity contribution in [2.75, 3.05) is 19.5 Å². The summed E-state index contributed by atoms with van der Waals surface area (Å²) in [6.45, 7) is 3.92. The standard InChI is InChI=1S/C26H24N2O6/c1-16-6-5-7-21(17(16)2)28-25(29)19(14-27)12-18-8-10-22(24(13-18)31-3)33-15-20-9-11-23(34-20)26(30)32-4/h5-13H,15H2,1-4H3,(H,28,29). The number of aryl methyl sites for hydroxylation is 1. The molecule has 1 amide bonds. The second kappa shape index (κ2) is 10.9. The number of carbonyl (C=O) groups excluding carboxylic acids is 2. The zero-order chi connectivity index (χ0) is 24.7. The van der Waals surface area contributed by atoms with Crippen LogP contribution in [0.15, 0.2) is 58.5 Å². The van der Waals surface area contributed by atoms with Crippen LogP contribution < -0.4 is 14.8 Å². The first-order valence-electron chi connectivity index (χ1n) is 10.3. The maximum atomic E-state index is 12.7. The van der Waals surface area contributed by atoms with Gasteiger partial charge in [-0.1, -0.05) is 18.2 Å². The molecule has 0 spiro atoms. The van der Waals surface area contributed by atoms with Crippen LogP contribution in [-0.2, 0) is 16.1 Å². The monoisotopic (exact) mass is 460 g/mol. The minimum Gasteiger partial charge on any atom is -0.493 e. The molecule has 0 radical (unpaired) electrons. The fourth-order valence-corrected chi connectivity index (χ4v) is 3.10. The van der Waals surface area contributed by atoms with Crippen molar-refractivity contribution in [2.45, 2.75) is 20.5 Å². The lowest BCUT2D eigenvalue weighted by molar-refractivity contribution is -0.112. The van der Waals surface area contributed by atoms with Crippen molar-refractivity contribution in [1.29, 1.82) is 5.26 Å². The van der Waals surface area contributed by atoms with E-state index < -0.39 is 11.9 Å². The zero-order valence-corrected chi connectivity index (χ0v) is 19.3. The molecule has 8 heteroatoms. The van der Waals surface area contributed by atoms with Gasteiger partial charge in [0, 0.05) is 5.69 Å². The van der Waals surface area contributed by atoms with Gasteiger partial charge >= 0.3 is 5.97 Å². The number of rotatable bonds is 8. The van der Waals surface area contributed by atoms with Crippen molar-refractivity contribution in [3.8, 4) is 17.6 Å². The van der Waals surface area contributed by atoms with Gasteiger partial charge < -0.3 is 23.9 Å². The van der Waals surface area contributed by atoms with Crippen molar-refractivity contribution in [3.63, 3.8) is 0 Å². The summed E-state index contributed by atoms with van der Waals surface area (Å²) >= 11 is 0. The maximum Gasteiger partial charge on any atom is 0.373 e. The van der Waals surface area contributed by atoms with Gasteiger partial charge in [-0.25, -0.2) is 4.79 Å². The van der Waals surface area contributed by atoms with Crippen LogP contribution >= 0.6 is 0 Å². The number of amides is 1. The summed E-state index contributed by atoms with van der Waals surface area (Å²) in [5.41, 5.74) is 3.16. The summed E-state index contributed by atoms with van der Waals surface area (Å²) < 4.78 is 21.1. The molecule has 34 heavy (non-hydrogen) atoms. The zero-order valence-electron chi connectivity index (χ0n) is 19.3. The van der Waals surface area contributed by atoms with Crippen molar-refractivity contribution in [1.82, 2.24) is 0 Å². The predicted octanol–water partition coefficient (Wildman–Crippen LogP) is 4.82. The molecule has 0 aliphatic rings. The molecular weight excluding hydrogens is 436 g/mol. The molecule has 0 fully saturated rings. The van der Waals surface area contributed by atoms with E-state index in [9.17, 15) is 14.9 Å². The molecule has 2 aromatic carbocycles. The number of hydrogen-bond acceptors (Lipinski definition) is 7. The van der Waals surface area contributed by atoms with E-state index >= 15 is 0 Å². The molecule has 8 nitrogen and oxygen atoms in total. The van der Waals surface area contributed by atoms with Crippen molar-refractivity contribution in [3.05, 3.63) is 82.3 Å². The largest absolute Gasteiger partial charge is 0.493 e. The molecule has 0 bridgehead atoms. The molecule has 1 N–H and O–H groups in total. The molecule has 0 aliphatic heterocycles. The van der Waals surface area contributed by atoms with Crippen LogP contribution in [0.3, 0.4) is 0 Å². The Kier molecular flexibility index (Phi) is 7.72. The van der Waals surface area contributed by atoms with Crippen molar-refractivity contribution < 1.29 is 28.2 Å². The highest BCUT2D eigenvalue weighted by Crippen LogP contribution is 2.30. The normalized spacial score (nSPS) is 10.9. The molecule has 1 heterocycles. The van der Waals surface area contributed by atoms with Crippen LogP contribution in [0.2, 0.25) is 0 Å². The summed E-state index contributed by atoms with van der Waals surface area (Å²) in [5.74, 6) is 0.261. The SMILES string of the molecule is COC(=O)c1ccc(COc2ccc(C=C(C#N)C(=O)Nc3cccc(C)c3C)cc2OC)o1. The molecule has 0 saturated carbocycles. The summed E-state index contributed by atoms with van der Waals surface area (Å²) in [7, 11) is 2.75. The van der Waals surface area contributed by atoms with E-state index in [2.05, 4.69) is 10.1 Å². The molecular formula is C26H24N2O6. The fourth-order valence-electron chi connectivity index (χ4n) is 3.10. The topological polar surface area (TPSA) is 111 Å². The molecule has 174 valence electrons. The first-order chi connectivity index (χ1) is 16.4. The number of benzene rings is 2. The van der Waals surface area contributed by atoms with Gasteiger partial charge in [-0.05, 0) is 66.9 Å². The van der Waals surface area contributed by atoms with E-state index in [0.29, 0.717) is 28.5 Å². The van der Waals surface area contributed by atoms with Crippen LogP contribution in [-0.4, -0.2) is 26.1 Å². The highest BCUT2D eigenvalue weighted by molar-refractivity contribution is 6.10. The van der Waals surface area contributed by atoms with E-state index in [-0.39, 0.29) is 17.9 Å². The first-order valence-corrected chi connectivity index (χ1v) is 10.3. The molecule has 0 unspecified atom stereocenters. The average molecular weight is 460 g/mol. The van der Waals surface area contributed by atoms with Gasteiger partial charge in [0.05, 0.1) is 14.2 Å². The van der Waals surface area contributed by atoms with Crippen LogP contribution in [0.4, 0.5) is 5.69 Å². The lowest BCUT2D eigenvalue weighted by Crippen LogP contribution is -2.14. The number of esters is 1. The Morgan fingerprint density at radius 3 is 2.59 bits per heavy atom. The average Bonchev–Trinajstić information content (AvgIpc) is 3.32. The van der Waals surface area contributed by atoms with E-state index in [1.165, 1.54) is 26.4 Å². The molecule has 3 rings (SSSR count). The summed E-state index contributed by atoms with van der Waals surface area (Å²) in [6, 6.07) is 15.7. The third kappa shape index (κ3) is 5.64. The van der Waals surface area contributed by atoms with Crippen LogP contribution in [0.5, 0.6) is 11.5 Å². The second-order valence-electron chi connectivity index (χ2n) is 7.33. The van der Waals surface area contributed by atoms with Crippen LogP contribution in [0.25, 0.3) is 6.08 Å². The quantitative estimate of drug-likeness (QED) is 0.292. The van der Waals surface area contributed by atoms with Gasteiger partial charge in [-0.15, -0.1) is 0 Å². The highest BCUT2D eigenvalue weighted by atomic mass is 16.5. The Balaban J connectivity index is 1.74. The van der Waals surface area contributed by atoms with Crippen molar-refractivity contribution >= 4 is 23.6 Å². The van der Waals surface area contributed by atoms with Gasteiger partial charge in [0.25, 0.3) is 5.91 Å². The molecule has 3 aromatic rings. The van der Waals surface area contributed by atoms with Crippen LogP contribution in [0, 0.1) is 25.2 Å². The Bertz CT molecular complexity index is 1280. The molecule has 0 saturated heterocycles. The lowest BCUT2D eigenvalue weighted by Gasteiger charge is -2.11. The van der Waals surface area contributed by atoms with E-state index in [1.807, 2.05) is 32.0 Å². The number of carbonyl (C=O) groups is 2. The molecule has 1 aromatic heterocycles. The number of ether oxygens (including phenoxy) is 3. The van der Waals surface area contributed by atoms with Gasteiger partial charge in [0.15, 0.2) is 11.5 Å². The van der Waals surface area contributed by atoms with Crippen LogP contribution in [0.1, 0.15) is 33.0 Å². The van der Waals surface area contributed by atoms with Gasteiger partial charge in [-0.2, -0.15) is 5.26 Å². The van der Waals surface area contributed by atoms with E-state index in [1.54, 1.807) is 30.3 Å². The van der Waals surface area contributed by atoms with Gasteiger partial charge in [-0.3, -0.25) is 4.79 Å². The van der Waals surface area contributed by atoms with E-state index in [4.69, 9.17) is 13.9 Å².